The molecule has 0 radical (unpaired) electrons. The Balaban J connectivity index is 2.26. The first-order chi connectivity index (χ1) is 9.23. The Kier molecular flexibility index (Phi) is 2.71. The van der Waals surface area contributed by atoms with Crippen molar-refractivity contribution in [3.63, 3.8) is 0 Å². The Morgan fingerprint density at radius 1 is 0.895 bits per heavy atom. The minimum absolute atomic E-state index is 0.521. The highest BCUT2D eigenvalue weighted by Crippen LogP contribution is 2.44. The molecule has 0 spiro atoms. The zero-order chi connectivity index (χ0) is 13.3. The fraction of sp³-hybridized carbons (Fsp3) is 0.118. The molecule has 0 bridgehead atoms. The summed E-state index contributed by atoms with van der Waals surface area (Å²) in [6.45, 7) is 4.22. The molecule has 2 aromatic carbocycles. The summed E-state index contributed by atoms with van der Waals surface area (Å²) in [4.78, 5) is 4.74. The maximum atomic E-state index is 5.96. The Morgan fingerprint density at radius 2 is 1.37 bits per heavy atom. The highest BCUT2D eigenvalue weighted by atomic mass is 15.0. The van der Waals surface area contributed by atoms with Crippen molar-refractivity contribution in [2.75, 3.05) is 0 Å². The third kappa shape index (κ3) is 1.76. The van der Waals surface area contributed by atoms with E-state index in [1.165, 1.54) is 0 Å². The lowest BCUT2D eigenvalue weighted by Gasteiger charge is -2.29. The largest absolute Gasteiger partial charge is 0.387 e. The average Bonchev–Trinajstić information content (AvgIpc) is 2.76. The third-order valence-corrected chi connectivity index (χ3v) is 3.60. The Bertz CT molecular complexity index is 587. The molecule has 94 valence electrons. The zero-order valence-corrected chi connectivity index (χ0v) is 10.7. The number of amidine groups is 1. The van der Waals surface area contributed by atoms with Gasteiger partial charge in [0.2, 0.25) is 0 Å². The summed E-state index contributed by atoms with van der Waals surface area (Å²) in [7, 11) is 0. The van der Waals surface area contributed by atoms with Crippen LogP contribution in [0.15, 0.2) is 77.8 Å². The fourth-order valence-corrected chi connectivity index (χ4v) is 2.74. The van der Waals surface area contributed by atoms with Gasteiger partial charge in [-0.1, -0.05) is 67.2 Å². The van der Waals surface area contributed by atoms with Crippen molar-refractivity contribution in [2.45, 2.75) is 12.0 Å². The lowest BCUT2D eigenvalue weighted by atomic mass is 9.78. The van der Waals surface area contributed by atoms with Crippen molar-refractivity contribution in [2.24, 2.45) is 10.7 Å². The first-order valence-electron chi connectivity index (χ1n) is 6.37. The molecule has 2 nitrogen and oxygen atoms in total. The molecule has 3 rings (SSSR count). The van der Waals surface area contributed by atoms with Gasteiger partial charge in [0.25, 0.3) is 0 Å². The summed E-state index contributed by atoms with van der Waals surface area (Å²) < 4.78 is 0. The first kappa shape index (κ1) is 11.7. The monoisotopic (exact) mass is 248 g/mol. The summed E-state index contributed by atoms with van der Waals surface area (Å²) in [5.41, 5.74) is 8.71. The van der Waals surface area contributed by atoms with E-state index in [2.05, 4.69) is 30.8 Å². The average molecular weight is 248 g/mol. The molecule has 2 heteroatoms. The van der Waals surface area contributed by atoms with Gasteiger partial charge in [-0.3, -0.25) is 4.99 Å². The first-order valence-corrected chi connectivity index (χ1v) is 6.37. The van der Waals surface area contributed by atoms with E-state index >= 15 is 0 Å². The standard InChI is InChI=1S/C17H16N2/c1-13-12-16(18)19-17(13,14-8-4-2-5-9-14)15-10-6-3-7-11-15/h2-11H,1,12H2,(H2,18,19). The maximum absolute atomic E-state index is 5.96. The minimum atomic E-state index is -0.521. The number of benzene rings is 2. The minimum Gasteiger partial charge on any atom is -0.387 e. The molecule has 2 aromatic rings. The second kappa shape index (κ2) is 4.39. The van der Waals surface area contributed by atoms with E-state index in [1.807, 2.05) is 36.4 Å². The molecule has 0 fully saturated rings. The molecule has 0 amide bonds. The van der Waals surface area contributed by atoms with Gasteiger partial charge in [0, 0.05) is 6.42 Å². The number of nitrogens with zero attached hydrogens (tertiary/aromatic N) is 1. The van der Waals surface area contributed by atoms with Crippen molar-refractivity contribution in [1.29, 1.82) is 0 Å². The molecular weight excluding hydrogens is 232 g/mol. The van der Waals surface area contributed by atoms with Crippen LogP contribution in [0.25, 0.3) is 0 Å². The molecule has 0 atom stereocenters. The van der Waals surface area contributed by atoms with Crippen LogP contribution in [0.2, 0.25) is 0 Å². The molecule has 0 unspecified atom stereocenters. The zero-order valence-electron chi connectivity index (χ0n) is 10.7. The van der Waals surface area contributed by atoms with Gasteiger partial charge in [-0.05, 0) is 16.7 Å². The molecule has 0 aromatic heterocycles. The lowest BCUT2D eigenvalue weighted by Crippen LogP contribution is -2.24. The third-order valence-electron chi connectivity index (χ3n) is 3.60. The molecule has 1 aliphatic rings. The predicted octanol–water partition coefficient (Wildman–Crippen LogP) is 3.25. The molecule has 1 aliphatic heterocycles. The van der Waals surface area contributed by atoms with Crippen molar-refractivity contribution >= 4 is 5.84 Å². The van der Waals surface area contributed by atoms with Gasteiger partial charge in [0.05, 0.1) is 5.84 Å². The Hall–Kier alpha value is -2.35. The van der Waals surface area contributed by atoms with Crippen LogP contribution in [0.4, 0.5) is 0 Å². The van der Waals surface area contributed by atoms with Crippen molar-refractivity contribution in [3.05, 3.63) is 83.9 Å². The van der Waals surface area contributed by atoms with Crippen molar-refractivity contribution in [1.82, 2.24) is 0 Å². The van der Waals surface area contributed by atoms with Gasteiger partial charge < -0.3 is 5.73 Å². The molecule has 0 saturated carbocycles. The SMILES string of the molecule is C=C1CC(N)=NC1(c1ccccc1)c1ccccc1. The van der Waals surface area contributed by atoms with Crippen LogP contribution in [-0.4, -0.2) is 5.84 Å². The topological polar surface area (TPSA) is 38.4 Å². The molecule has 2 N–H and O–H groups in total. The second-order valence-corrected chi connectivity index (χ2v) is 4.83. The molecular formula is C17H16N2. The number of aliphatic imine (C=N–C) groups is 1. The quantitative estimate of drug-likeness (QED) is 0.814. The summed E-state index contributed by atoms with van der Waals surface area (Å²) in [6.07, 6.45) is 0.657. The van der Waals surface area contributed by atoms with Crippen LogP contribution >= 0.6 is 0 Å². The smallest absolute Gasteiger partial charge is 0.134 e. The van der Waals surface area contributed by atoms with E-state index in [4.69, 9.17) is 10.7 Å². The van der Waals surface area contributed by atoms with Gasteiger partial charge in [-0.25, -0.2) is 0 Å². The predicted molar refractivity (Wildman–Crippen MR) is 79.0 cm³/mol. The second-order valence-electron chi connectivity index (χ2n) is 4.83. The fourth-order valence-electron chi connectivity index (χ4n) is 2.74. The van der Waals surface area contributed by atoms with Crippen LogP contribution < -0.4 is 5.73 Å². The lowest BCUT2D eigenvalue weighted by molar-refractivity contribution is 0.662. The molecule has 19 heavy (non-hydrogen) atoms. The van der Waals surface area contributed by atoms with Crippen LogP contribution in [0.5, 0.6) is 0 Å². The van der Waals surface area contributed by atoms with Crippen LogP contribution in [0.3, 0.4) is 0 Å². The summed E-state index contributed by atoms with van der Waals surface area (Å²) >= 11 is 0. The van der Waals surface area contributed by atoms with E-state index in [1.54, 1.807) is 0 Å². The van der Waals surface area contributed by atoms with E-state index in [0.717, 1.165) is 16.7 Å². The number of hydrogen-bond acceptors (Lipinski definition) is 2. The summed E-state index contributed by atoms with van der Waals surface area (Å²) in [5, 5.41) is 0. The van der Waals surface area contributed by atoms with Crippen molar-refractivity contribution < 1.29 is 0 Å². The van der Waals surface area contributed by atoms with E-state index in [9.17, 15) is 0 Å². The van der Waals surface area contributed by atoms with Crippen LogP contribution in [-0.2, 0) is 5.54 Å². The molecule has 0 aliphatic carbocycles. The highest BCUT2D eigenvalue weighted by Gasteiger charge is 2.40. The maximum Gasteiger partial charge on any atom is 0.134 e. The normalized spacial score (nSPS) is 17.3. The van der Waals surface area contributed by atoms with Gasteiger partial charge in [-0.15, -0.1) is 0 Å². The molecule has 0 saturated heterocycles. The summed E-state index contributed by atoms with van der Waals surface area (Å²) in [6, 6.07) is 20.4. The van der Waals surface area contributed by atoms with Crippen LogP contribution in [0, 0.1) is 0 Å². The summed E-state index contributed by atoms with van der Waals surface area (Å²) in [5.74, 6) is 0.651. The number of nitrogens with two attached hydrogens (primary N) is 1. The van der Waals surface area contributed by atoms with Gasteiger partial charge in [0.1, 0.15) is 5.54 Å². The highest BCUT2D eigenvalue weighted by molar-refractivity contribution is 5.88. The van der Waals surface area contributed by atoms with E-state index in [0.29, 0.717) is 12.3 Å². The van der Waals surface area contributed by atoms with E-state index < -0.39 is 5.54 Å². The number of hydrogen-bond donors (Lipinski definition) is 1. The van der Waals surface area contributed by atoms with Gasteiger partial charge in [-0.2, -0.15) is 0 Å². The molecule has 1 heterocycles. The number of rotatable bonds is 2. The van der Waals surface area contributed by atoms with E-state index in [-0.39, 0.29) is 0 Å². The van der Waals surface area contributed by atoms with Gasteiger partial charge in [0.15, 0.2) is 0 Å². The Labute approximate surface area is 113 Å². The Morgan fingerprint density at radius 3 is 1.74 bits per heavy atom. The van der Waals surface area contributed by atoms with Gasteiger partial charge >= 0.3 is 0 Å². The van der Waals surface area contributed by atoms with Crippen molar-refractivity contribution in [3.8, 4) is 0 Å². The van der Waals surface area contributed by atoms with Crippen LogP contribution in [0.1, 0.15) is 17.5 Å².